The average Bonchev–Trinajstić information content (AvgIpc) is 2.73. The minimum absolute atomic E-state index is 0.0375. The summed E-state index contributed by atoms with van der Waals surface area (Å²) in [4.78, 5) is 0. The highest BCUT2D eigenvalue weighted by Gasteiger charge is 2.42. The van der Waals surface area contributed by atoms with Crippen LogP contribution in [0.15, 0.2) is 30.8 Å². The van der Waals surface area contributed by atoms with Crippen molar-refractivity contribution >= 4 is 39.3 Å². The van der Waals surface area contributed by atoms with E-state index in [4.69, 9.17) is 0 Å². The van der Waals surface area contributed by atoms with E-state index < -0.39 is 52.6 Å². The first kappa shape index (κ1) is 24.2. The van der Waals surface area contributed by atoms with Crippen molar-refractivity contribution in [2.45, 2.75) is 44.7 Å². The van der Waals surface area contributed by atoms with Gasteiger partial charge in [0.05, 0.1) is 11.1 Å². The Kier molecular flexibility index (Phi) is 5.34. The Morgan fingerprint density at radius 2 is 1.41 bits per heavy atom. The molecule has 0 saturated carbocycles. The van der Waals surface area contributed by atoms with Crippen LogP contribution in [0, 0.1) is 0 Å². The topological polar surface area (TPSA) is 0 Å². The number of alkyl halides is 9. The molecule has 180 valence electrons. The molecule has 0 nitrogen and oxygen atoms in total. The first-order valence-electron chi connectivity index (χ1n) is 10.2. The predicted octanol–water partition coefficient (Wildman–Crippen LogP) is 7.22. The van der Waals surface area contributed by atoms with Crippen LogP contribution in [0.25, 0.3) is 39.3 Å². The molecule has 0 unspecified atom stereocenters. The summed E-state index contributed by atoms with van der Waals surface area (Å²) in [7, 11) is 0. The van der Waals surface area contributed by atoms with Gasteiger partial charge in [0, 0.05) is 11.1 Å². The summed E-state index contributed by atoms with van der Waals surface area (Å²) in [6.07, 6.45) is -15.3. The second-order valence-corrected chi connectivity index (χ2v) is 8.19. The first-order chi connectivity index (χ1) is 15.6. The molecule has 0 amide bonds. The zero-order valence-corrected chi connectivity index (χ0v) is 17.7. The average molecular weight is 488 g/mol. The molecule has 0 spiro atoms. The lowest BCUT2D eigenvalue weighted by Gasteiger charge is -2.25. The lowest BCUT2D eigenvalue weighted by molar-refractivity contribution is -0.138. The van der Waals surface area contributed by atoms with E-state index in [0.29, 0.717) is 11.6 Å². The van der Waals surface area contributed by atoms with E-state index in [1.165, 1.54) is 12.1 Å². The monoisotopic (exact) mass is 488 g/mol. The third kappa shape index (κ3) is 3.56. The fraction of sp³-hybridized carbons (Fsp3) is 0.280. The van der Waals surface area contributed by atoms with Gasteiger partial charge >= 0.3 is 18.5 Å². The molecule has 4 rings (SSSR count). The summed E-state index contributed by atoms with van der Waals surface area (Å²) in [5.41, 5.74) is -4.50. The highest BCUT2D eigenvalue weighted by molar-refractivity contribution is 6.13. The van der Waals surface area contributed by atoms with Gasteiger partial charge in [0.25, 0.3) is 0 Å². The smallest absolute Gasteiger partial charge is 0.166 e. The molecular weight excluding hydrogens is 471 g/mol. The summed E-state index contributed by atoms with van der Waals surface area (Å²) in [6, 6.07) is 4.41. The van der Waals surface area contributed by atoms with Gasteiger partial charge in [-0.15, -0.1) is 0 Å². The number of allylic oxidation sites excluding steroid dienone is 1. The standard InChI is InChI=1S/C25H17F9/c1-4-13-5-6-16-15-8-10-17(24(29,30)31)20(12(3)23(26,27)28)19(15)11(2)14-7-9-18(25(32,33)34)21(13)22(14)16/h5-6,8,10H,2-4,7,9H2,1H3. The predicted molar refractivity (Wildman–Crippen MR) is 113 cm³/mol. The van der Waals surface area contributed by atoms with Crippen LogP contribution in [0.2, 0.25) is 0 Å². The second-order valence-electron chi connectivity index (χ2n) is 8.19. The summed E-state index contributed by atoms with van der Waals surface area (Å²) >= 11 is 0. The van der Waals surface area contributed by atoms with E-state index >= 15 is 0 Å². The van der Waals surface area contributed by atoms with Crippen molar-refractivity contribution in [2.24, 2.45) is 0 Å². The maximum atomic E-state index is 13.9. The molecule has 1 aliphatic rings. The van der Waals surface area contributed by atoms with Crippen molar-refractivity contribution < 1.29 is 39.5 Å². The van der Waals surface area contributed by atoms with Crippen LogP contribution in [-0.4, -0.2) is 12.4 Å². The molecule has 0 atom stereocenters. The first-order valence-corrected chi connectivity index (χ1v) is 10.2. The lowest BCUT2D eigenvalue weighted by atomic mass is 9.81. The van der Waals surface area contributed by atoms with Crippen LogP contribution in [0.3, 0.4) is 0 Å². The molecular formula is C25H17F9. The van der Waals surface area contributed by atoms with Crippen LogP contribution in [0.5, 0.6) is 0 Å². The van der Waals surface area contributed by atoms with Gasteiger partial charge < -0.3 is 0 Å². The Morgan fingerprint density at radius 1 is 0.824 bits per heavy atom. The minimum atomic E-state index is -5.17. The summed E-state index contributed by atoms with van der Waals surface area (Å²) in [5, 5.41) is -0.314. The Morgan fingerprint density at radius 3 is 1.94 bits per heavy atom. The third-order valence-electron chi connectivity index (χ3n) is 6.35. The minimum Gasteiger partial charge on any atom is -0.166 e. The Bertz CT molecular complexity index is 1470. The van der Waals surface area contributed by atoms with Crippen LogP contribution in [-0.2, 0) is 19.0 Å². The SMILES string of the molecule is C=C(c1c(C(F)(F)F)ccc2c1c(=C)c1c3c(c(CC)ccc32)=C(C(F)(F)F)CC1)C(F)(F)F. The van der Waals surface area contributed by atoms with Gasteiger partial charge in [0.2, 0.25) is 0 Å². The van der Waals surface area contributed by atoms with E-state index in [9.17, 15) is 39.5 Å². The van der Waals surface area contributed by atoms with E-state index in [-0.39, 0.29) is 45.0 Å². The maximum absolute atomic E-state index is 13.9. The second kappa shape index (κ2) is 7.52. The Balaban J connectivity index is 2.34. The molecule has 0 aromatic heterocycles. The molecule has 34 heavy (non-hydrogen) atoms. The van der Waals surface area contributed by atoms with Gasteiger partial charge in [0.1, 0.15) is 0 Å². The fourth-order valence-corrected chi connectivity index (χ4v) is 4.89. The highest BCUT2D eigenvalue weighted by atomic mass is 19.4. The number of halogens is 9. The molecule has 3 aromatic rings. The van der Waals surface area contributed by atoms with Crippen molar-refractivity contribution in [2.75, 3.05) is 0 Å². The number of rotatable bonds is 2. The fourth-order valence-electron chi connectivity index (χ4n) is 4.89. The van der Waals surface area contributed by atoms with E-state index in [1.54, 1.807) is 6.92 Å². The summed E-state index contributed by atoms with van der Waals surface area (Å²) in [6.45, 7) is 8.34. The van der Waals surface area contributed by atoms with Gasteiger partial charge in [-0.3, -0.25) is 0 Å². The van der Waals surface area contributed by atoms with Crippen LogP contribution in [0.4, 0.5) is 39.5 Å². The molecule has 0 saturated heterocycles. The number of hydrogen-bond donors (Lipinski definition) is 0. The van der Waals surface area contributed by atoms with Crippen LogP contribution >= 0.6 is 0 Å². The quantitative estimate of drug-likeness (QED) is 0.264. The van der Waals surface area contributed by atoms with Crippen molar-refractivity contribution in [3.05, 3.63) is 63.5 Å². The lowest BCUT2D eigenvalue weighted by Crippen LogP contribution is -2.30. The zero-order valence-electron chi connectivity index (χ0n) is 17.7. The normalized spacial score (nSPS) is 14.8. The van der Waals surface area contributed by atoms with Crippen molar-refractivity contribution in [3.63, 3.8) is 0 Å². The largest absolute Gasteiger partial charge is 0.417 e. The molecule has 0 bridgehead atoms. The number of hydrogen-bond acceptors (Lipinski definition) is 0. The number of aryl methyl sites for hydroxylation is 2. The molecule has 0 fully saturated rings. The van der Waals surface area contributed by atoms with Gasteiger partial charge in [-0.05, 0) is 68.4 Å². The molecule has 0 aliphatic heterocycles. The maximum Gasteiger partial charge on any atom is 0.417 e. The van der Waals surface area contributed by atoms with E-state index in [0.717, 1.165) is 6.07 Å². The zero-order chi connectivity index (χ0) is 25.4. The highest BCUT2D eigenvalue weighted by Crippen LogP contribution is 2.44. The van der Waals surface area contributed by atoms with Crippen LogP contribution < -0.4 is 10.4 Å². The van der Waals surface area contributed by atoms with Gasteiger partial charge in [-0.25, -0.2) is 0 Å². The van der Waals surface area contributed by atoms with Gasteiger partial charge in [-0.1, -0.05) is 38.3 Å². The van der Waals surface area contributed by atoms with Crippen molar-refractivity contribution in [1.29, 1.82) is 0 Å². The molecule has 0 radical (unpaired) electrons. The molecule has 0 N–H and O–H groups in total. The van der Waals surface area contributed by atoms with E-state index in [1.807, 2.05) is 0 Å². The molecule has 3 aromatic carbocycles. The number of benzene rings is 3. The van der Waals surface area contributed by atoms with Crippen molar-refractivity contribution in [3.8, 4) is 0 Å². The molecule has 9 heteroatoms. The third-order valence-corrected chi connectivity index (χ3v) is 6.35. The Labute approximate surface area is 187 Å². The van der Waals surface area contributed by atoms with Crippen LogP contribution in [0.1, 0.15) is 35.6 Å². The summed E-state index contributed by atoms with van der Waals surface area (Å²) < 4.78 is 124. The number of fused-ring (bicyclic) bond motifs is 2. The van der Waals surface area contributed by atoms with Gasteiger partial charge in [-0.2, -0.15) is 39.5 Å². The molecule has 0 heterocycles. The Hall–Kier alpha value is -2.97. The molecule has 1 aliphatic carbocycles. The van der Waals surface area contributed by atoms with Crippen molar-refractivity contribution in [1.82, 2.24) is 0 Å². The van der Waals surface area contributed by atoms with E-state index in [2.05, 4.69) is 13.2 Å². The summed E-state index contributed by atoms with van der Waals surface area (Å²) in [5.74, 6) is 0. The van der Waals surface area contributed by atoms with Gasteiger partial charge in [0.15, 0.2) is 0 Å².